The van der Waals surface area contributed by atoms with Crippen LogP contribution in [0.25, 0.3) is 0 Å². The summed E-state index contributed by atoms with van der Waals surface area (Å²) >= 11 is 0. The van der Waals surface area contributed by atoms with Crippen LogP contribution in [0.1, 0.15) is 18.9 Å². The van der Waals surface area contributed by atoms with Gasteiger partial charge < -0.3 is 15.0 Å². The fraction of sp³-hybridized carbons (Fsp3) is 0.533. The van der Waals surface area contributed by atoms with Crippen LogP contribution in [0.3, 0.4) is 0 Å². The number of carbonyl (C=O) groups excluding carboxylic acids is 1. The number of nitrogens with one attached hydrogen (secondary N) is 1. The summed E-state index contributed by atoms with van der Waals surface area (Å²) in [6.07, 6.45) is 1.43. The van der Waals surface area contributed by atoms with Crippen LogP contribution in [0.2, 0.25) is 0 Å². The highest BCUT2D eigenvalue weighted by molar-refractivity contribution is 5.79. The normalized spacial score (nSPS) is 19.9. The number of methoxy groups -OCH3 is 1. The van der Waals surface area contributed by atoms with Crippen LogP contribution in [-0.4, -0.2) is 43.6 Å². The van der Waals surface area contributed by atoms with E-state index in [9.17, 15) is 4.79 Å². The summed E-state index contributed by atoms with van der Waals surface area (Å²) in [4.78, 5) is 14.3. The minimum Gasteiger partial charge on any atom is -0.496 e. The number of ether oxygens (including phenoxy) is 1. The van der Waals surface area contributed by atoms with Crippen molar-refractivity contribution in [1.29, 1.82) is 0 Å². The van der Waals surface area contributed by atoms with Crippen LogP contribution in [0.4, 0.5) is 0 Å². The van der Waals surface area contributed by atoms with Gasteiger partial charge in [-0.3, -0.25) is 4.79 Å². The Kier molecular flexibility index (Phi) is 4.80. The molecule has 1 fully saturated rings. The molecule has 0 saturated carbocycles. The average molecular weight is 262 g/mol. The highest BCUT2D eigenvalue weighted by atomic mass is 16.5. The summed E-state index contributed by atoms with van der Waals surface area (Å²) in [6.45, 7) is 4.73. The molecule has 1 aliphatic heterocycles. The van der Waals surface area contributed by atoms with E-state index in [4.69, 9.17) is 4.74 Å². The maximum absolute atomic E-state index is 12.4. The van der Waals surface area contributed by atoms with Crippen LogP contribution in [0, 0.1) is 0 Å². The zero-order chi connectivity index (χ0) is 13.7. The first-order valence-electron chi connectivity index (χ1n) is 6.83. The molecule has 1 aromatic rings. The SMILES string of the molecule is COc1ccccc1CC(=O)N1CCCNC(C)C1. The maximum atomic E-state index is 12.4. The van der Waals surface area contributed by atoms with E-state index in [1.165, 1.54) is 0 Å². The third-order valence-electron chi connectivity index (χ3n) is 3.48. The van der Waals surface area contributed by atoms with Crippen molar-refractivity contribution in [1.82, 2.24) is 10.2 Å². The average Bonchev–Trinajstić information content (AvgIpc) is 2.64. The van der Waals surface area contributed by atoms with Gasteiger partial charge in [-0.2, -0.15) is 0 Å². The lowest BCUT2D eigenvalue weighted by atomic mass is 10.1. The van der Waals surface area contributed by atoms with Crippen LogP contribution in [0.5, 0.6) is 5.75 Å². The topological polar surface area (TPSA) is 41.6 Å². The van der Waals surface area contributed by atoms with Gasteiger partial charge in [-0.1, -0.05) is 18.2 Å². The number of carbonyl (C=O) groups is 1. The molecule has 1 N–H and O–H groups in total. The molecule has 0 aliphatic carbocycles. The molecule has 1 aliphatic rings. The Labute approximate surface area is 114 Å². The standard InChI is InChI=1S/C15H22N2O2/c1-12-11-17(9-5-8-16-12)15(18)10-13-6-3-4-7-14(13)19-2/h3-4,6-7,12,16H,5,8-11H2,1-2H3. The summed E-state index contributed by atoms with van der Waals surface area (Å²) < 4.78 is 5.30. The fourth-order valence-electron chi connectivity index (χ4n) is 2.46. The highest BCUT2D eigenvalue weighted by Crippen LogP contribution is 2.18. The van der Waals surface area contributed by atoms with Gasteiger partial charge in [0.15, 0.2) is 0 Å². The molecular weight excluding hydrogens is 240 g/mol. The van der Waals surface area contributed by atoms with E-state index in [1.807, 2.05) is 29.2 Å². The fourth-order valence-corrected chi connectivity index (χ4v) is 2.46. The monoisotopic (exact) mass is 262 g/mol. The van der Waals surface area contributed by atoms with Gasteiger partial charge >= 0.3 is 0 Å². The predicted octanol–water partition coefficient (Wildman–Crippen LogP) is 1.45. The van der Waals surface area contributed by atoms with E-state index in [2.05, 4.69) is 12.2 Å². The number of rotatable bonds is 3. The summed E-state index contributed by atoms with van der Waals surface area (Å²) in [7, 11) is 1.64. The van der Waals surface area contributed by atoms with Gasteiger partial charge in [-0.15, -0.1) is 0 Å². The summed E-state index contributed by atoms with van der Waals surface area (Å²) in [5.74, 6) is 0.969. The Morgan fingerprint density at radius 3 is 3.05 bits per heavy atom. The minimum atomic E-state index is 0.181. The van der Waals surface area contributed by atoms with Crippen molar-refractivity contribution in [3.05, 3.63) is 29.8 Å². The first-order valence-corrected chi connectivity index (χ1v) is 6.83. The highest BCUT2D eigenvalue weighted by Gasteiger charge is 2.20. The van der Waals surface area contributed by atoms with Gasteiger partial charge in [0.1, 0.15) is 5.75 Å². The Hall–Kier alpha value is -1.55. The molecule has 4 nitrogen and oxygen atoms in total. The van der Waals surface area contributed by atoms with E-state index in [1.54, 1.807) is 7.11 Å². The van der Waals surface area contributed by atoms with Crippen LogP contribution in [0.15, 0.2) is 24.3 Å². The zero-order valence-electron chi connectivity index (χ0n) is 11.7. The van der Waals surface area contributed by atoms with E-state index in [0.717, 1.165) is 37.4 Å². The summed E-state index contributed by atoms with van der Waals surface area (Å²) in [6, 6.07) is 8.08. The van der Waals surface area contributed by atoms with Crippen molar-refractivity contribution in [2.24, 2.45) is 0 Å². The van der Waals surface area contributed by atoms with Gasteiger partial charge in [-0.25, -0.2) is 0 Å². The van der Waals surface area contributed by atoms with Crippen LogP contribution < -0.4 is 10.1 Å². The van der Waals surface area contributed by atoms with Crippen molar-refractivity contribution in [3.63, 3.8) is 0 Å². The minimum absolute atomic E-state index is 0.181. The number of nitrogens with zero attached hydrogens (tertiary/aromatic N) is 1. The van der Waals surface area contributed by atoms with Gasteiger partial charge in [0.2, 0.25) is 5.91 Å². The van der Waals surface area contributed by atoms with Crippen molar-refractivity contribution in [2.75, 3.05) is 26.7 Å². The molecule has 1 unspecified atom stereocenters. The molecule has 104 valence electrons. The molecule has 1 saturated heterocycles. The van der Waals surface area contributed by atoms with E-state index >= 15 is 0 Å². The van der Waals surface area contributed by atoms with Gasteiger partial charge in [0.25, 0.3) is 0 Å². The van der Waals surface area contributed by atoms with E-state index < -0.39 is 0 Å². The zero-order valence-corrected chi connectivity index (χ0v) is 11.7. The molecule has 4 heteroatoms. The lowest BCUT2D eigenvalue weighted by molar-refractivity contribution is -0.130. The van der Waals surface area contributed by atoms with Crippen LogP contribution in [-0.2, 0) is 11.2 Å². The molecule has 1 amide bonds. The molecule has 1 atom stereocenters. The van der Waals surface area contributed by atoms with E-state index in [-0.39, 0.29) is 5.91 Å². The third kappa shape index (κ3) is 3.70. The lowest BCUT2D eigenvalue weighted by Gasteiger charge is -2.23. The van der Waals surface area contributed by atoms with Crippen molar-refractivity contribution >= 4 is 5.91 Å². The number of para-hydroxylation sites is 1. The Balaban J connectivity index is 2.03. The number of hydrogen-bond donors (Lipinski definition) is 1. The van der Waals surface area contributed by atoms with Crippen LogP contribution >= 0.6 is 0 Å². The summed E-state index contributed by atoms with van der Waals surface area (Å²) in [5.41, 5.74) is 0.958. The molecule has 0 aromatic heterocycles. The molecule has 0 spiro atoms. The Morgan fingerprint density at radius 2 is 2.26 bits per heavy atom. The first kappa shape index (κ1) is 13.9. The molecule has 0 bridgehead atoms. The molecule has 0 radical (unpaired) electrons. The Morgan fingerprint density at radius 1 is 1.47 bits per heavy atom. The molecule has 2 rings (SSSR count). The number of benzene rings is 1. The largest absolute Gasteiger partial charge is 0.496 e. The van der Waals surface area contributed by atoms with Crippen molar-refractivity contribution < 1.29 is 9.53 Å². The van der Waals surface area contributed by atoms with E-state index in [0.29, 0.717) is 12.5 Å². The lowest BCUT2D eigenvalue weighted by Crippen LogP contribution is -2.39. The number of amides is 1. The molecule has 19 heavy (non-hydrogen) atoms. The smallest absolute Gasteiger partial charge is 0.227 e. The first-order chi connectivity index (χ1) is 9.20. The third-order valence-corrected chi connectivity index (χ3v) is 3.48. The maximum Gasteiger partial charge on any atom is 0.227 e. The van der Waals surface area contributed by atoms with Gasteiger partial charge in [-0.05, 0) is 26.0 Å². The Bertz CT molecular complexity index is 434. The van der Waals surface area contributed by atoms with Crippen molar-refractivity contribution in [2.45, 2.75) is 25.8 Å². The summed E-state index contributed by atoms with van der Waals surface area (Å²) in [5, 5.41) is 3.40. The second-order valence-electron chi connectivity index (χ2n) is 5.04. The molecule has 1 aromatic carbocycles. The predicted molar refractivity (Wildman–Crippen MR) is 75.4 cm³/mol. The second kappa shape index (κ2) is 6.57. The second-order valence-corrected chi connectivity index (χ2v) is 5.04. The molecule has 1 heterocycles. The quantitative estimate of drug-likeness (QED) is 0.896. The number of hydrogen-bond acceptors (Lipinski definition) is 3. The van der Waals surface area contributed by atoms with Gasteiger partial charge in [0.05, 0.1) is 13.5 Å². The van der Waals surface area contributed by atoms with Crippen molar-refractivity contribution in [3.8, 4) is 5.75 Å². The van der Waals surface area contributed by atoms with Gasteiger partial charge in [0, 0.05) is 24.7 Å². The molecular formula is C15H22N2O2.